The molecule has 0 unspecified atom stereocenters. The highest BCUT2D eigenvalue weighted by Crippen LogP contribution is 2.17. The summed E-state index contributed by atoms with van der Waals surface area (Å²) in [6, 6.07) is 16.7. The molecule has 1 aliphatic rings. The number of rotatable bonds is 7. The number of nitrogens with zero attached hydrogens (tertiary/aromatic N) is 1. The predicted octanol–water partition coefficient (Wildman–Crippen LogP) is 3.15. The number of hydrogen-bond donors (Lipinski definition) is 1. The molecule has 0 radical (unpaired) electrons. The second-order valence-electron chi connectivity index (χ2n) is 6.82. The fraction of sp³-hybridized carbons (Fsp3) is 0.227. The third kappa shape index (κ3) is 4.40. The average Bonchev–Trinajstić information content (AvgIpc) is 2.67. The Hall–Kier alpha value is -3.12. The lowest BCUT2D eigenvalue weighted by Gasteiger charge is -2.26. The van der Waals surface area contributed by atoms with E-state index >= 15 is 0 Å². The van der Waals surface area contributed by atoms with Crippen molar-refractivity contribution in [2.45, 2.75) is 6.61 Å². The van der Waals surface area contributed by atoms with E-state index < -0.39 is 0 Å². The van der Waals surface area contributed by atoms with Crippen molar-refractivity contribution in [1.29, 1.82) is 0 Å². The van der Waals surface area contributed by atoms with Crippen LogP contribution in [0.1, 0.15) is 5.56 Å². The zero-order chi connectivity index (χ0) is 19.3. The lowest BCUT2D eigenvalue weighted by atomic mass is 10.1. The van der Waals surface area contributed by atoms with Gasteiger partial charge in [-0.1, -0.05) is 12.1 Å². The van der Waals surface area contributed by atoms with E-state index in [0.29, 0.717) is 18.3 Å². The predicted molar refractivity (Wildman–Crippen MR) is 105 cm³/mol. The van der Waals surface area contributed by atoms with Crippen LogP contribution in [0.25, 0.3) is 5.69 Å². The molecule has 28 heavy (non-hydrogen) atoms. The van der Waals surface area contributed by atoms with Gasteiger partial charge in [-0.25, -0.2) is 4.39 Å². The minimum absolute atomic E-state index is 0.189. The Morgan fingerprint density at radius 2 is 1.71 bits per heavy atom. The van der Waals surface area contributed by atoms with E-state index in [1.54, 1.807) is 29.0 Å². The second kappa shape index (κ2) is 8.27. The van der Waals surface area contributed by atoms with Crippen LogP contribution < -0.4 is 20.3 Å². The molecule has 0 saturated carbocycles. The first-order valence-corrected chi connectivity index (χ1v) is 9.21. The van der Waals surface area contributed by atoms with Crippen LogP contribution in [0.2, 0.25) is 0 Å². The SMILES string of the molecule is O=c1cc(OCc2ccc(F)cc2)ccn1-c1ccc(OCC2CNC2)cc1. The summed E-state index contributed by atoms with van der Waals surface area (Å²) >= 11 is 0. The number of hydrogen-bond acceptors (Lipinski definition) is 4. The molecule has 5 nitrogen and oxygen atoms in total. The molecule has 0 aliphatic carbocycles. The van der Waals surface area contributed by atoms with Crippen molar-refractivity contribution in [3.05, 3.63) is 88.6 Å². The normalized spacial score (nSPS) is 13.8. The molecule has 2 aromatic carbocycles. The number of pyridine rings is 1. The molecule has 144 valence electrons. The van der Waals surface area contributed by atoms with Crippen molar-refractivity contribution in [2.24, 2.45) is 5.92 Å². The van der Waals surface area contributed by atoms with Crippen LogP contribution in [0.15, 0.2) is 71.7 Å². The van der Waals surface area contributed by atoms with E-state index in [4.69, 9.17) is 9.47 Å². The van der Waals surface area contributed by atoms with Gasteiger partial charge in [-0.3, -0.25) is 9.36 Å². The molecule has 4 rings (SSSR count). The fourth-order valence-electron chi connectivity index (χ4n) is 2.89. The van der Waals surface area contributed by atoms with Crippen molar-refractivity contribution in [1.82, 2.24) is 9.88 Å². The number of aromatic nitrogens is 1. The maximum absolute atomic E-state index is 12.9. The van der Waals surface area contributed by atoms with Gasteiger partial charge in [-0.2, -0.15) is 0 Å². The highest BCUT2D eigenvalue weighted by molar-refractivity contribution is 5.38. The zero-order valence-corrected chi connectivity index (χ0v) is 15.3. The van der Waals surface area contributed by atoms with E-state index in [-0.39, 0.29) is 18.0 Å². The van der Waals surface area contributed by atoms with Crippen LogP contribution >= 0.6 is 0 Å². The van der Waals surface area contributed by atoms with Gasteiger partial charge >= 0.3 is 0 Å². The molecule has 1 aromatic heterocycles. The highest BCUT2D eigenvalue weighted by Gasteiger charge is 2.17. The van der Waals surface area contributed by atoms with E-state index in [9.17, 15) is 9.18 Å². The Balaban J connectivity index is 1.39. The maximum atomic E-state index is 12.9. The first-order valence-electron chi connectivity index (χ1n) is 9.21. The van der Waals surface area contributed by atoms with Crippen LogP contribution in [0, 0.1) is 11.7 Å². The standard InChI is InChI=1S/C22H21FN2O3/c23-18-3-1-16(2-4-18)14-28-21-9-10-25(22(26)11-21)19-5-7-20(8-6-19)27-15-17-12-24-13-17/h1-11,17,24H,12-15H2. The molecular formula is C22H21FN2O3. The summed E-state index contributed by atoms with van der Waals surface area (Å²) in [6.45, 7) is 2.98. The van der Waals surface area contributed by atoms with Crippen molar-refractivity contribution in [2.75, 3.05) is 19.7 Å². The summed E-state index contributed by atoms with van der Waals surface area (Å²) in [5.41, 5.74) is 1.40. The lowest BCUT2D eigenvalue weighted by molar-refractivity contribution is 0.199. The van der Waals surface area contributed by atoms with Gasteiger partial charge in [-0.15, -0.1) is 0 Å². The number of benzene rings is 2. The summed E-state index contributed by atoms with van der Waals surface area (Å²) in [6.07, 6.45) is 1.68. The minimum atomic E-state index is -0.289. The Bertz CT molecular complexity index is 980. The third-order valence-corrected chi connectivity index (χ3v) is 4.68. The number of nitrogens with one attached hydrogen (secondary N) is 1. The quantitative estimate of drug-likeness (QED) is 0.684. The fourth-order valence-corrected chi connectivity index (χ4v) is 2.89. The Morgan fingerprint density at radius 3 is 2.36 bits per heavy atom. The molecule has 6 heteroatoms. The van der Waals surface area contributed by atoms with Gasteiger partial charge < -0.3 is 14.8 Å². The molecule has 1 aliphatic heterocycles. The smallest absolute Gasteiger partial charge is 0.258 e. The van der Waals surface area contributed by atoms with Crippen LogP contribution in [-0.4, -0.2) is 24.3 Å². The monoisotopic (exact) mass is 380 g/mol. The number of halogens is 1. The number of ether oxygens (including phenoxy) is 2. The molecule has 1 N–H and O–H groups in total. The molecule has 3 aromatic rings. The first kappa shape index (κ1) is 18.3. The molecule has 0 atom stereocenters. The van der Waals surface area contributed by atoms with Crippen LogP contribution in [0.4, 0.5) is 4.39 Å². The van der Waals surface area contributed by atoms with E-state index in [1.807, 2.05) is 24.3 Å². The minimum Gasteiger partial charge on any atom is -0.493 e. The highest BCUT2D eigenvalue weighted by atomic mass is 19.1. The van der Waals surface area contributed by atoms with Crippen molar-refractivity contribution in [3.8, 4) is 17.2 Å². The molecular weight excluding hydrogens is 359 g/mol. The molecule has 0 spiro atoms. The summed E-state index contributed by atoms with van der Waals surface area (Å²) in [7, 11) is 0. The van der Waals surface area contributed by atoms with E-state index in [1.165, 1.54) is 18.2 Å². The second-order valence-corrected chi connectivity index (χ2v) is 6.82. The van der Waals surface area contributed by atoms with Gasteiger partial charge in [0.15, 0.2) is 0 Å². The van der Waals surface area contributed by atoms with Crippen molar-refractivity contribution in [3.63, 3.8) is 0 Å². The summed E-state index contributed by atoms with van der Waals surface area (Å²) in [4.78, 5) is 12.4. The third-order valence-electron chi connectivity index (χ3n) is 4.68. The van der Waals surface area contributed by atoms with Gasteiger partial charge in [0.25, 0.3) is 5.56 Å². The summed E-state index contributed by atoms with van der Waals surface area (Å²) < 4.78 is 25.9. The Morgan fingerprint density at radius 1 is 0.964 bits per heavy atom. The van der Waals surface area contributed by atoms with Gasteiger partial charge in [0, 0.05) is 37.0 Å². The molecule has 1 fully saturated rings. The summed E-state index contributed by atoms with van der Waals surface area (Å²) in [5, 5.41) is 3.22. The largest absolute Gasteiger partial charge is 0.493 e. The molecule has 1 saturated heterocycles. The van der Waals surface area contributed by atoms with Gasteiger partial charge in [-0.05, 0) is 48.0 Å². The average molecular weight is 380 g/mol. The van der Waals surface area contributed by atoms with E-state index in [2.05, 4.69) is 5.32 Å². The van der Waals surface area contributed by atoms with Crippen LogP contribution in [0.3, 0.4) is 0 Å². The van der Waals surface area contributed by atoms with Crippen molar-refractivity contribution < 1.29 is 13.9 Å². The van der Waals surface area contributed by atoms with Crippen LogP contribution in [0.5, 0.6) is 11.5 Å². The van der Waals surface area contributed by atoms with E-state index in [0.717, 1.165) is 30.1 Å². The summed E-state index contributed by atoms with van der Waals surface area (Å²) in [5.74, 6) is 1.55. The Labute approximate surface area is 162 Å². The van der Waals surface area contributed by atoms with Gasteiger partial charge in [0.1, 0.15) is 23.9 Å². The topological polar surface area (TPSA) is 52.5 Å². The molecule has 2 heterocycles. The molecule has 0 bridgehead atoms. The lowest BCUT2D eigenvalue weighted by Crippen LogP contribution is -2.45. The van der Waals surface area contributed by atoms with Crippen molar-refractivity contribution >= 4 is 0 Å². The van der Waals surface area contributed by atoms with Gasteiger partial charge in [0.2, 0.25) is 0 Å². The Kier molecular flexibility index (Phi) is 5.39. The van der Waals surface area contributed by atoms with Gasteiger partial charge in [0.05, 0.1) is 6.61 Å². The maximum Gasteiger partial charge on any atom is 0.258 e. The molecule has 0 amide bonds. The zero-order valence-electron chi connectivity index (χ0n) is 15.3. The van der Waals surface area contributed by atoms with Crippen LogP contribution in [-0.2, 0) is 6.61 Å². The first-order chi connectivity index (χ1) is 13.7.